The number of carbonyl (C=O) groups is 1. The van der Waals surface area contributed by atoms with E-state index in [2.05, 4.69) is 5.32 Å². The predicted molar refractivity (Wildman–Crippen MR) is 96.9 cm³/mol. The summed E-state index contributed by atoms with van der Waals surface area (Å²) in [5, 5.41) is 13.7. The SMILES string of the molecule is CCc1cc2c(C[NH+](CC)CC(=O)NC(C)C)cc(=O)oc2cc1O. The molecular formula is C19H27N2O4+. The average Bonchev–Trinajstić information content (AvgIpc) is 2.52. The van der Waals surface area contributed by atoms with Crippen molar-refractivity contribution in [3.8, 4) is 5.75 Å². The van der Waals surface area contributed by atoms with Crippen LogP contribution in [0.2, 0.25) is 0 Å². The lowest BCUT2D eigenvalue weighted by Crippen LogP contribution is -3.11. The first-order valence-corrected chi connectivity index (χ1v) is 8.75. The van der Waals surface area contributed by atoms with Crippen LogP contribution < -0.4 is 15.8 Å². The number of likely N-dealkylation sites (N-methyl/N-ethyl adjacent to an activating group) is 1. The molecule has 1 heterocycles. The number of nitrogens with one attached hydrogen (secondary N) is 2. The Kier molecular flexibility index (Phi) is 6.20. The molecule has 6 heteroatoms. The molecule has 1 aromatic heterocycles. The summed E-state index contributed by atoms with van der Waals surface area (Å²) >= 11 is 0. The first-order chi connectivity index (χ1) is 11.8. The first kappa shape index (κ1) is 19.0. The average molecular weight is 347 g/mol. The van der Waals surface area contributed by atoms with Gasteiger partial charge in [-0.05, 0) is 38.8 Å². The fraction of sp³-hybridized carbons (Fsp3) is 0.474. The standard InChI is InChI=1S/C19H26N2O4/c1-5-13-7-15-14(8-19(24)25-17(15)9-16(13)22)10-21(6-2)11-18(23)20-12(3)4/h7-9,12,22H,5-6,10-11H2,1-4H3,(H,20,23)/p+1. The van der Waals surface area contributed by atoms with Gasteiger partial charge in [0.25, 0.3) is 5.91 Å². The minimum Gasteiger partial charge on any atom is -0.508 e. The molecule has 25 heavy (non-hydrogen) atoms. The summed E-state index contributed by atoms with van der Waals surface area (Å²) in [5.41, 5.74) is 1.56. The van der Waals surface area contributed by atoms with E-state index in [1.165, 1.54) is 12.1 Å². The number of carbonyl (C=O) groups excluding carboxylic acids is 1. The van der Waals surface area contributed by atoms with Gasteiger partial charge in [-0.15, -0.1) is 0 Å². The fourth-order valence-corrected chi connectivity index (χ4v) is 2.92. The van der Waals surface area contributed by atoms with E-state index in [9.17, 15) is 14.7 Å². The van der Waals surface area contributed by atoms with E-state index in [1.807, 2.05) is 33.8 Å². The molecule has 0 aliphatic heterocycles. The maximum Gasteiger partial charge on any atom is 0.336 e. The van der Waals surface area contributed by atoms with Crippen LogP contribution in [0.25, 0.3) is 11.0 Å². The molecule has 3 N–H and O–H groups in total. The van der Waals surface area contributed by atoms with Crippen molar-refractivity contribution in [2.75, 3.05) is 13.1 Å². The molecule has 0 saturated heterocycles. The molecule has 2 rings (SSSR count). The fourth-order valence-electron chi connectivity index (χ4n) is 2.92. The van der Waals surface area contributed by atoms with E-state index >= 15 is 0 Å². The second-order valence-electron chi connectivity index (χ2n) is 6.60. The third-order valence-electron chi connectivity index (χ3n) is 4.21. The summed E-state index contributed by atoms with van der Waals surface area (Å²) < 4.78 is 5.23. The van der Waals surface area contributed by atoms with Gasteiger partial charge in [0.2, 0.25) is 0 Å². The second kappa shape index (κ2) is 8.16. The number of hydrogen-bond acceptors (Lipinski definition) is 4. The summed E-state index contributed by atoms with van der Waals surface area (Å²) in [5.74, 6) is 0.123. The smallest absolute Gasteiger partial charge is 0.336 e. The summed E-state index contributed by atoms with van der Waals surface area (Å²) in [4.78, 5) is 25.0. The zero-order valence-electron chi connectivity index (χ0n) is 15.3. The van der Waals surface area contributed by atoms with Gasteiger partial charge in [0.1, 0.15) is 17.9 Å². The minimum atomic E-state index is -0.451. The van der Waals surface area contributed by atoms with E-state index in [-0.39, 0.29) is 17.7 Å². The van der Waals surface area contributed by atoms with Crippen LogP contribution in [0.1, 0.15) is 38.8 Å². The first-order valence-electron chi connectivity index (χ1n) is 8.75. The predicted octanol–water partition coefficient (Wildman–Crippen LogP) is 0.990. The summed E-state index contributed by atoms with van der Waals surface area (Å²) in [7, 11) is 0. The molecule has 1 unspecified atom stereocenters. The van der Waals surface area contributed by atoms with Crippen LogP contribution in [0.3, 0.4) is 0 Å². The Morgan fingerprint density at radius 3 is 2.56 bits per heavy atom. The van der Waals surface area contributed by atoms with Gasteiger partial charge in [0.15, 0.2) is 6.54 Å². The quantitative estimate of drug-likeness (QED) is 0.652. The molecule has 0 bridgehead atoms. The van der Waals surface area contributed by atoms with Crippen molar-refractivity contribution in [1.29, 1.82) is 0 Å². The lowest BCUT2D eigenvalue weighted by atomic mass is 10.0. The lowest BCUT2D eigenvalue weighted by molar-refractivity contribution is -0.904. The van der Waals surface area contributed by atoms with Crippen molar-refractivity contribution in [1.82, 2.24) is 5.32 Å². The summed E-state index contributed by atoms with van der Waals surface area (Å²) in [6.07, 6.45) is 0.682. The van der Waals surface area contributed by atoms with Crippen molar-refractivity contribution >= 4 is 16.9 Å². The normalized spacial score (nSPS) is 12.5. The Balaban J connectivity index is 2.35. The highest BCUT2D eigenvalue weighted by molar-refractivity contribution is 5.82. The van der Waals surface area contributed by atoms with Crippen molar-refractivity contribution in [3.05, 3.63) is 39.7 Å². The molecule has 0 spiro atoms. The second-order valence-corrected chi connectivity index (χ2v) is 6.60. The van der Waals surface area contributed by atoms with Gasteiger partial charge in [0, 0.05) is 29.1 Å². The number of aromatic hydroxyl groups is 1. The van der Waals surface area contributed by atoms with Crippen LogP contribution >= 0.6 is 0 Å². The van der Waals surface area contributed by atoms with Crippen LogP contribution in [-0.4, -0.2) is 30.1 Å². The Labute approximate surface area is 147 Å². The number of aryl methyl sites for hydroxylation is 1. The third kappa shape index (κ3) is 4.82. The van der Waals surface area contributed by atoms with Gasteiger partial charge < -0.3 is 19.7 Å². The molecule has 2 aromatic rings. The van der Waals surface area contributed by atoms with Crippen molar-refractivity contribution in [2.45, 2.75) is 46.7 Å². The number of phenolic OH excluding ortho intramolecular Hbond substituents is 1. The highest BCUT2D eigenvalue weighted by atomic mass is 16.4. The third-order valence-corrected chi connectivity index (χ3v) is 4.21. The monoisotopic (exact) mass is 347 g/mol. The van der Waals surface area contributed by atoms with Crippen molar-refractivity contribution in [3.63, 3.8) is 0 Å². The number of rotatable bonds is 7. The lowest BCUT2D eigenvalue weighted by Gasteiger charge is -2.19. The molecule has 6 nitrogen and oxygen atoms in total. The van der Waals surface area contributed by atoms with Gasteiger partial charge in [-0.2, -0.15) is 0 Å². The van der Waals surface area contributed by atoms with Crippen molar-refractivity contribution in [2.24, 2.45) is 0 Å². The molecule has 0 fully saturated rings. The molecule has 0 aliphatic rings. The van der Waals surface area contributed by atoms with Crippen LogP contribution in [0.15, 0.2) is 27.4 Å². The molecule has 136 valence electrons. The number of hydrogen-bond donors (Lipinski definition) is 3. The highest BCUT2D eigenvalue weighted by Crippen LogP contribution is 2.26. The van der Waals surface area contributed by atoms with E-state index in [0.717, 1.165) is 28.0 Å². The Morgan fingerprint density at radius 1 is 1.24 bits per heavy atom. The van der Waals surface area contributed by atoms with E-state index < -0.39 is 5.63 Å². The molecule has 0 radical (unpaired) electrons. The number of fused-ring (bicyclic) bond motifs is 1. The zero-order valence-corrected chi connectivity index (χ0v) is 15.3. The molecular weight excluding hydrogens is 320 g/mol. The van der Waals surface area contributed by atoms with Gasteiger partial charge in [0.05, 0.1) is 6.54 Å². The molecule has 1 atom stereocenters. The van der Waals surface area contributed by atoms with Crippen LogP contribution in [0.5, 0.6) is 5.75 Å². The molecule has 1 aromatic carbocycles. The topological polar surface area (TPSA) is 84.0 Å². The van der Waals surface area contributed by atoms with Crippen LogP contribution in [-0.2, 0) is 17.8 Å². The van der Waals surface area contributed by atoms with E-state index in [0.29, 0.717) is 25.1 Å². The van der Waals surface area contributed by atoms with E-state index in [4.69, 9.17) is 4.42 Å². The van der Waals surface area contributed by atoms with E-state index in [1.54, 1.807) is 0 Å². The van der Waals surface area contributed by atoms with Gasteiger partial charge in [-0.25, -0.2) is 4.79 Å². The molecule has 0 saturated carbocycles. The summed E-state index contributed by atoms with van der Waals surface area (Å²) in [6, 6.07) is 4.94. The maximum atomic E-state index is 12.0. The number of benzene rings is 1. The van der Waals surface area contributed by atoms with Crippen LogP contribution in [0, 0.1) is 0 Å². The molecule has 0 aliphatic carbocycles. The number of phenols is 1. The van der Waals surface area contributed by atoms with Gasteiger partial charge in [-0.1, -0.05) is 6.92 Å². The summed E-state index contributed by atoms with van der Waals surface area (Å²) in [6.45, 7) is 9.46. The highest BCUT2D eigenvalue weighted by Gasteiger charge is 2.17. The van der Waals surface area contributed by atoms with Gasteiger partial charge in [-0.3, -0.25) is 4.79 Å². The number of amides is 1. The molecule has 1 amide bonds. The minimum absolute atomic E-state index is 0.00832. The van der Waals surface area contributed by atoms with Gasteiger partial charge >= 0.3 is 5.63 Å². The Hall–Kier alpha value is -2.34. The maximum absolute atomic E-state index is 12.0. The number of quaternary nitrogens is 1. The zero-order chi connectivity index (χ0) is 18.6. The van der Waals surface area contributed by atoms with Crippen LogP contribution in [0.4, 0.5) is 0 Å². The Bertz CT molecular complexity index is 811. The largest absolute Gasteiger partial charge is 0.508 e. The van der Waals surface area contributed by atoms with Crippen molar-refractivity contribution < 1.29 is 19.2 Å². The Morgan fingerprint density at radius 2 is 1.96 bits per heavy atom.